The summed E-state index contributed by atoms with van der Waals surface area (Å²) in [6, 6.07) is 3.72. The lowest BCUT2D eigenvalue weighted by Gasteiger charge is -2.25. The molecule has 0 bridgehead atoms. The molecule has 0 aliphatic heterocycles. The zero-order chi connectivity index (χ0) is 15.3. The van der Waals surface area contributed by atoms with E-state index in [0.29, 0.717) is 6.54 Å². The van der Waals surface area contributed by atoms with Crippen LogP contribution in [0.5, 0.6) is 0 Å². The van der Waals surface area contributed by atoms with Crippen LogP contribution in [0.1, 0.15) is 36.6 Å². The summed E-state index contributed by atoms with van der Waals surface area (Å²) >= 11 is 1.65. The molecule has 2 unspecified atom stereocenters. The normalized spacial score (nSPS) is 13.6. The van der Waals surface area contributed by atoms with Crippen molar-refractivity contribution in [2.75, 3.05) is 13.1 Å². The van der Waals surface area contributed by atoms with Gasteiger partial charge in [0.2, 0.25) is 0 Å². The number of carbonyl (C=O) groups is 2. The van der Waals surface area contributed by atoms with Crippen LogP contribution < -0.4 is 5.32 Å². The van der Waals surface area contributed by atoms with Crippen LogP contribution in [-0.4, -0.2) is 35.1 Å². The molecule has 20 heavy (non-hydrogen) atoms. The lowest BCUT2D eigenvalue weighted by molar-refractivity contribution is -0.141. The Labute approximate surface area is 123 Å². The molecule has 2 N–H and O–H groups in total. The highest BCUT2D eigenvalue weighted by molar-refractivity contribution is 7.12. The molecule has 0 spiro atoms. The number of carbonyl (C=O) groups excluding carboxylic acids is 1. The average Bonchev–Trinajstić information content (AvgIpc) is 2.81. The molecule has 2 atom stereocenters. The summed E-state index contributed by atoms with van der Waals surface area (Å²) < 4.78 is 0. The predicted molar refractivity (Wildman–Crippen MR) is 80.0 cm³/mol. The topological polar surface area (TPSA) is 69.6 Å². The van der Waals surface area contributed by atoms with Gasteiger partial charge in [0.15, 0.2) is 0 Å². The van der Waals surface area contributed by atoms with Crippen molar-refractivity contribution in [3.8, 4) is 0 Å². The summed E-state index contributed by atoms with van der Waals surface area (Å²) in [6.07, 6.45) is 0. The highest BCUT2D eigenvalue weighted by atomic mass is 32.1. The van der Waals surface area contributed by atoms with Gasteiger partial charge in [-0.3, -0.25) is 4.79 Å². The Morgan fingerprint density at radius 2 is 2.05 bits per heavy atom. The van der Waals surface area contributed by atoms with E-state index in [1.54, 1.807) is 18.3 Å². The van der Waals surface area contributed by atoms with Crippen molar-refractivity contribution in [3.05, 3.63) is 21.9 Å². The molecule has 0 radical (unpaired) electrons. The molecule has 1 heterocycles. The van der Waals surface area contributed by atoms with Crippen molar-refractivity contribution in [3.63, 3.8) is 0 Å². The van der Waals surface area contributed by atoms with Gasteiger partial charge in [0.05, 0.1) is 12.0 Å². The number of aryl methyl sites for hydroxylation is 1. The fraction of sp³-hybridized carbons (Fsp3) is 0.571. The number of nitrogens with one attached hydrogen (secondary N) is 1. The Balaban J connectivity index is 2.61. The quantitative estimate of drug-likeness (QED) is 0.848. The smallest absolute Gasteiger partial charge is 0.317 e. The third-order valence-electron chi connectivity index (χ3n) is 3.11. The third-order valence-corrected chi connectivity index (χ3v) is 4.30. The lowest BCUT2D eigenvalue weighted by atomic mass is 10.2. The second-order valence-electron chi connectivity index (χ2n) is 4.90. The van der Waals surface area contributed by atoms with E-state index < -0.39 is 11.9 Å². The number of hydrogen-bond donors (Lipinski definition) is 2. The van der Waals surface area contributed by atoms with Crippen molar-refractivity contribution in [2.45, 2.75) is 33.7 Å². The molecule has 1 aromatic rings. The standard InChI is InChI=1S/C14H22N2O3S/c1-5-16(8-9(2)13(17)18)14(19)15-11(4)12-7-6-10(3)20-12/h6-7,9,11H,5,8H2,1-4H3,(H,15,19)(H,17,18). The van der Waals surface area contributed by atoms with E-state index >= 15 is 0 Å². The van der Waals surface area contributed by atoms with E-state index in [-0.39, 0.29) is 18.6 Å². The molecule has 0 saturated heterocycles. The molecule has 0 saturated carbocycles. The summed E-state index contributed by atoms with van der Waals surface area (Å²) in [7, 11) is 0. The molecule has 5 nitrogen and oxygen atoms in total. The van der Waals surface area contributed by atoms with Crippen LogP contribution in [0.3, 0.4) is 0 Å². The second kappa shape index (κ2) is 7.28. The van der Waals surface area contributed by atoms with Crippen LogP contribution in [0.25, 0.3) is 0 Å². The van der Waals surface area contributed by atoms with Gasteiger partial charge in [0.1, 0.15) is 0 Å². The summed E-state index contributed by atoms with van der Waals surface area (Å²) in [5, 5.41) is 11.8. The summed E-state index contributed by atoms with van der Waals surface area (Å²) in [4.78, 5) is 26.8. The van der Waals surface area contributed by atoms with Gasteiger partial charge in [0, 0.05) is 22.8 Å². The maximum atomic E-state index is 12.1. The second-order valence-corrected chi connectivity index (χ2v) is 6.22. The molecule has 1 rings (SSSR count). The van der Waals surface area contributed by atoms with Gasteiger partial charge in [-0.15, -0.1) is 11.3 Å². The first-order valence-corrected chi connectivity index (χ1v) is 7.51. The van der Waals surface area contributed by atoms with Gasteiger partial charge in [0.25, 0.3) is 0 Å². The third kappa shape index (κ3) is 4.52. The molecule has 0 aliphatic rings. The number of hydrogen-bond acceptors (Lipinski definition) is 3. The van der Waals surface area contributed by atoms with Crippen LogP contribution in [-0.2, 0) is 4.79 Å². The Morgan fingerprint density at radius 3 is 2.50 bits per heavy atom. The van der Waals surface area contributed by atoms with E-state index in [1.165, 1.54) is 9.78 Å². The minimum atomic E-state index is -0.891. The Morgan fingerprint density at radius 1 is 1.40 bits per heavy atom. The minimum absolute atomic E-state index is 0.0737. The zero-order valence-electron chi connectivity index (χ0n) is 12.3. The molecule has 2 amide bonds. The molecular formula is C14H22N2O3S. The minimum Gasteiger partial charge on any atom is -0.481 e. The number of urea groups is 1. The monoisotopic (exact) mass is 298 g/mol. The van der Waals surface area contributed by atoms with E-state index in [9.17, 15) is 9.59 Å². The van der Waals surface area contributed by atoms with Crippen LogP contribution in [0.4, 0.5) is 4.79 Å². The summed E-state index contributed by atoms with van der Waals surface area (Å²) in [6.45, 7) is 8.10. The first kappa shape index (κ1) is 16.5. The van der Waals surface area contributed by atoms with E-state index in [1.807, 2.05) is 32.9 Å². The number of nitrogens with zero attached hydrogens (tertiary/aromatic N) is 1. The number of aliphatic carboxylic acids is 1. The van der Waals surface area contributed by atoms with E-state index in [2.05, 4.69) is 5.32 Å². The highest BCUT2D eigenvalue weighted by Crippen LogP contribution is 2.22. The van der Waals surface area contributed by atoms with Crippen molar-refractivity contribution in [1.29, 1.82) is 0 Å². The number of carboxylic acids is 1. The summed E-state index contributed by atoms with van der Waals surface area (Å²) in [5.41, 5.74) is 0. The molecule has 0 fully saturated rings. The van der Waals surface area contributed by atoms with Gasteiger partial charge in [-0.05, 0) is 32.9 Å². The van der Waals surface area contributed by atoms with Crippen LogP contribution in [0.2, 0.25) is 0 Å². The largest absolute Gasteiger partial charge is 0.481 e. The lowest BCUT2D eigenvalue weighted by Crippen LogP contribution is -2.43. The first-order valence-electron chi connectivity index (χ1n) is 6.69. The molecule has 1 aromatic heterocycles. The Hall–Kier alpha value is -1.56. The number of amides is 2. The highest BCUT2D eigenvalue weighted by Gasteiger charge is 2.21. The summed E-state index contributed by atoms with van der Waals surface area (Å²) in [5.74, 6) is -1.46. The molecule has 112 valence electrons. The molecule has 0 aromatic carbocycles. The van der Waals surface area contributed by atoms with Crippen LogP contribution in [0, 0.1) is 12.8 Å². The number of rotatable bonds is 6. The fourth-order valence-corrected chi connectivity index (χ4v) is 2.68. The molecular weight excluding hydrogens is 276 g/mol. The van der Waals surface area contributed by atoms with Crippen LogP contribution in [0.15, 0.2) is 12.1 Å². The first-order chi connectivity index (χ1) is 9.35. The van der Waals surface area contributed by atoms with Gasteiger partial charge in [-0.2, -0.15) is 0 Å². The Kier molecular flexibility index (Phi) is 6.01. The van der Waals surface area contributed by atoms with Gasteiger partial charge in [-0.1, -0.05) is 6.92 Å². The fourth-order valence-electron chi connectivity index (χ4n) is 1.80. The maximum Gasteiger partial charge on any atom is 0.317 e. The van der Waals surface area contributed by atoms with Gasteiger partial charge < -0.3 is 15.3 Å². The van der Waals surface area contributed by atoms with Gasteiger partial charge in [-0.25, -0.2) is 4.79 Å². The predicted octanol–water partition coefficient (Wildman–Crippen LogP) is 2.87. The zero-order valence-corrected chi connectivity index (χ0v) is 13.2. The molecule has 0 aliphatic carbocycles. The SMILES string of the molecule is CCN(CC(C)C(=O)O)C(=O)NC(C)c1ccc(C)s1. The van der Waals surface area contributed by atoms with E-state index in [0.717, 1.165) is 4.88 Å². The maximum absolute atomic E-state index is 12.1. The number of thiophene rings is 1. The van der Waals surface area contributed by atoms with Crippen molar-refractivity contribution >= 4 is 23.3 Å². The Bertz CT molecular complexity index is 473. The van der Waals surface area contributed by atoms with Crippen molar-refractivity contribution in [2.24, 2.45) is 5.92 Å². The van der Waals surface area contributed by atoms with Crippen molar-refractivity contribution in [1.82, 2.24) is 10.2 Å². The average molecular weight is 298 g/mol. The van der Waals surface area contributed by atoms with Gasteiger partial charge >= 0.3 is 12.0 Å². The van der Waals surface area contributed by atoms with E-state index in [4.69, 9.17) is 5.11 Å². The van der Waals surface area contributed by atoms with Crippen molar-refractivity contribution < 1.29 is 14.7 Å². The number of carboxylic acid groups (broad SMARTS) is 1. The molecule has 6 heteroatoms. The van der Waals surface area contributed by atoms with Crippen LogP contribution >= 0.6 is 11.3 Å².